The zero-order valence-electron chi connectivity index (χ0n) is 13.5. The molecule has 1 amide bonds. The van der Waals surface area contributed by atoms with Crippen molar-refractivity contribution in [3.05, 3.63) is 24.0 Å². The maximum absolute atomic E-state index is 14.1. The molecule has 0 aliphatic rings. The molecule has 4 nitrogen and oxygen atoms in total. The van der Waals surface area contributed by atoms with Crippen LogP contribution in [0.1, 0.15) is 40.5 Å². The molecule has 0 bridgehead atoms. The van der Waals surface area contributed by atoms with E-state index in [1.54, 1.807) is 12.1 Å². The van der Waals surface area contributed by atoms with Gasteiger partial charge in [-0.3, -0.25) is 4.79 Å². The molecule has 0 spiro atoms. The third-order valence-electron chi connectivity index (χ3n) is 3.38. The molecule has 3 N–H and O–H groups in total. The van der Waals surface area contributed by atoms with Gasteiger partial charge in [0, 0.05) is 30.7 Å². The van der Waals surface area contributed by atoms with E-state index in [2.05, 4.69) is 5.32 Å². The number of anilines is 2. The Morgan fingerprint density at radius 2 is 2.05 bits per heavy atom. The summed E-state index contributed by atoms with van der Waals surface area (Å²) in [6.45, 7) is 7.72. The van der Waals surface area contributed by atoms with Crippen LogP contribution in [0.25, 0.3) is 0 Å². The van der Waals surface area contributed by atoms with Crippen LogP contribution in [0, 0.1) is 5.82 Å². The largest absolute Gasteiger partial charge is 0.370 e. The lowest BCUT2D eigenvalue weighted by molar-refractivity contribution is -0.116. The number of nitrogens with two attached hydrogens (primary N) is 1. The van der Waals surface area contributed by atoms with Crippen LogP contribution in [0.3, 0.4) is 0 Å². The Kier molecular flexibility index (Phi) is 5.72. The summed E-state index contributed by atoms with van der Waals surface area (Å²) < 4.78 is 14.1. The fourth-order valence-electron chi connectivity index (χ4n) is 1.81. The molecule has 0 radical (unpaired) electrons. The number of carbonyl (C=O) groups excluding carboxylic acids is 1. The van der Waals surface area contributed by atoms with Gasteiger partial charge in [-0.15, -0.1) is 0 Å². The topological polar surface area (TPSA) is 58.4 Å². The highest BCUT2D eigenvalue weighted by Crippen LogP contribution is 2.23. The first kappa shape index (κ1) is 17.4. The summed E-state index contributed by atoms with van der Waals surface area (Å²) in [5.41, 5.74) is 6.44. The SMILES string of the molecule is CC(C)N(C)c1ccc(NC(=O)CCC(C)(C)N)cc1F. The van der Waals surface area contributed by atoms with E-state index < -0.39 is 0 Å². The molecular weight excluding hydrogens is 269 g/mol. The van der Waals surface area contributed by atoms with E-state index in [1.807, 2.05) is 39.6 Å². The molecule has 0 aliphatic heterocycles. The van der Waals surface area contributed by atoms with E-state index in [0.29, 0.717) is 24.2 Å². The fourth-order valence-corrected chi connectivity index (χ4v) is 1.81. The van der Waals surface area contributed by atoms with Gasteiger partial charge < -0.3 is 16.0 Å². The quantitative estimate of drug-likeness (QED) is 0.847. The number of nitrogens with one attached hydrogen (secondary N) is 1. The van der Waals surface area contributed by atoms with Crippen LogP contribution in [0.2, 0.25) is 0 Å². The van der Waals surface area contributed by atoms with Gasteiger partial charge in [-0.05, 0) is 52.3 Å². The molecule has 0 fully saturated rings. The number of rotatable bonds is 6. The normalized spacial score (nSPS) is 11.6. The Hall–Kier alpha value is -1.62. The lowest BCUT2D eigenvalue weighted by atomic mass is 10.00. The first-order valence-electron chi connectivity index (χ1n) is 7.21. The maximum atomic E-state index is 14.1. The number of nitrogens with zero attached hydrogens (tertiary/aromatic N) is 1. The predicted molar refractivity (Wildman–Crippen MR) is 86.1 cm³/mol. The molecule has 0 saturated carbocycles. The van der Waals surface area contributed by atoms with Gasteiger partial charge in [0.1, 0.15) is 5.82 Å². The smallest absolute Gasteiger partial charge is 0.224 e. The molecule has 1 aromatic rings. The van der Waals surface area contributed by atoms with Crippen molar-refractivity contribution in [2.24, 2.45) is 5.73 Å². The second-order valence-corrected chi connectivity index (χ2v) is 6.41. The van der Waals surface area contributed by atoms with Gasteiger partial charge in [0.25, 0.3) is 0 Å². The zero-order valence-corrected chi connectivity index (χ0v) is 13.5. The summed E-state index contributed by atoms with van der Waals surface area (Å²) in [5.74, 6) is -0.499. The van der Waals surface area contributed by atoms with Gasteiger partial charge in [-0.25, -0.2) is 4.39 Å². The van der Waals surface area contributed by atoms with Crippen LogP contribution in [0.5, 0.6) is 0 Å². The minimum Gasteiger partial charge on any atom is -0.370 e. The van der Waals surface area contributed by atoms with Gasteiger partial charge >= 0.3 is 0 Å². The highest BCUT2D eigenvalue weighted by atomic mass is 19.1. The molecule has 0 aliphatic carbocycles. The maximum Gasteiger partial charge on any atom is 0.224 e. The van der Waals surface area contributed by atoms with Crippen LogP contribution >= 0.6 is 0 Å². The second-order valence-electron chi connectivity index (χ2n) is 6.41. The highest BCUT2D eigenvalue weighted by Gasteiger charge is 2.15. The van der Waals surface area contributed by atoms with Crippen LogP contribution in [-0.2, 0) is 4.79 Å². The molecule has 0 heterocycles. The molecule has 1 aromatic carbocycles. The van der Waals surface area contributed by atoms with E-state index in [-0.39, 0.29) is 23.3 Å². The lowest BCUT2D eigenvalue weighted by Gasteiger charge is -2.24. The molecular formula is C16H26FN3O. The summed E-state index contributed by atoms with van der Waals surface area (Å²) in [7, 11) is 1.84. The predicted octanol–water partition coefficient (Wildman–Crippen LogP) is 3.13. The van der Waals surface area contributed by atoms with E-state index in [9.17, 15) is 9.18 Å². The number of hydrogen-bond acceptors (Lipinski definition) is 3. The van der Waals surface area contributed by atoms with Crippen molar-refractivity contribution in [1.82, 2.24) is 0 Å². The number of hydrogen-bond donors (Lipinski definition) is 2. The number of halogens is 1. The van der Waals surface area contributed by atoms with Gasteiger partial charge in [-0.2, -0.15) is 0 Å². The fraction of sp³-hybridized carbons (Fsp3) is 0.562. The Balaban J connectivity index is 2.70. The highest BCUT2D eigenvalue weighted by molar-refractivity contribution is 5.90. The molecule has 0 unspecified atom stereocenters. The monoisotopic (exact) mass is 295 g/mol. The minimum atomic E-state index is -0.383. The van der Waals surface area contributed by atoms with Crippen molar-refractivity contribution in [3.8, 4) is 0 Å². The van der Waals surface area contributed by atoms with Crippen molar-refractivity contribution in [3.63, 3.8) is 0 Å². The van der Waals surface area contributed by atoms with Crippen LogP contribution in [-0.4, -0.2) is 24.5 Å². The molecule has 21 heavy (non-hydrogen) atoms. The molecule has 118 valence electrons. The van der Waals surface area contributed by atoms with Crippen LogP contribution < -0.4 is 16.0 Å². The Morgan fingerprint density at radius 3 is 2.52 bits per heavy atom. The Bertz CT molecular complexity index is 495. The molecule has 0 aromatic heterocycles. The minimum absolute atomic E-state index is 0.155. The third kappa shape index (κ3) is 5.71. The number of amides is 1. The standard InChI is InChI=1S/C16H26FN3O/c1-11(2)20(5)14-7-6-12(10-13(14)17)19-15(21)8-9-16(3,4)18/h6-7,10-11H,8-9,18H2,1-5H3,(H,19,21). The summed E-state index contributed by atoms with van der Waals surface area (Å²) in [6.07, 6.45) is 0.897. The third-order valence-corrected chi connectivity index (χ3v) is 3.38. The van der Waals surface area contributed by atoms with Crippen molar-refractivity contribution < 1.29 is 9.18 Å². The average Bonchev–Trinajstić information content (AvgIpc) is 2.35. The summed E-state index contributed by atoms with van der Waals surface area (Å²) >= 11 is 0. The van der Waals surface area contributed by atoms with Crippen LogP contribution in [0.15, 0.2) is 18.2 Å². The van der Waals surface area contributed by atoms with Crippen LogP contribution in [0.4, 0.5) is 15.8 Å². The summed E-state index contributed by atoms with van der Waals surface area (Å²) in [5, 5.41) is 2.70. The van der Waals surface area contributed by atoms with Crippen molar-refractivity contribution in [2.75, 3.05) is 17.3 Å². The van der Waals surface area contributed by atoms with E-state index >= 15 is 0 Å². The Morgan fingerprint density at radius 1 is 1.43 bits per heavy atom. The molecule has 5 heteroatoms. The van der Waals surface area contributed by atoms with Gasteiger partial charge in [0.2, 0.25) is 5.91 Å². The van der Waals surface area contributed by atoms with E-state index in [4.69, 9.17) is 5.73 Å². The van der Waals surface area contributed by atoms with Crippen molar-refractivity contribution in [1.29, 1.82) is 0 Å². The second kappa shape index (κ2) is 6.89. The average molecular weight is 295 g/mol. The first-order valence-corrected chi connectivity index (χ1v) is 7.21. The number of benzene rings is 1. The molecule has 0 atom stereocenters. The summed E-state index contributed by atoms with van der Waals surface area (Å²) in [6, 6.07) is 4.94. The van der Waals surface area contributed by atoms with Crippen molar-refractivity contribution >= 4 is 17.3 Å². The summed E-state index contributed by atoms with van der Waals surface area (Å²) in [4.78, 5) is 13.6. The van der Waals surface area contributed by atoms with Gasteiger partial charge in [0.05, 0.1) is 5.69 Å². The number of carbonyl (C=O) groups is 1. The van der Waals surface area contributed by atoms with Gasteiger partial charge in [-0.1, -0.05) is 0 Å². The van der Waals surface area contributed by atoms with E-state index in [1.165, 1.54) is 6.07 Å². The van der Waals surface area contributed by atoms with Crippen molar-refractivity contribution in [2.45, 2.75) is 52.1 Å². The Labute approximate surface area is 126 Å². The molecule has 0 saturated heterocycles. The van der Waals surface area contributed by atoms with Gasteiger partial charge in [0.15, 0.2) is 0 Å². The van der Waals surface area contributed by atoms with E-state index in [0.717, 1.165) is 0 Å². The zero-order chi connectivity index (χ0) is 16.2. The lowest BCUT2D eigenvalue weighted by Crippen LogP contribution is -2.33. The first-order chi connectivity index (χ1) is 9.60. The molecule has 1 rings (SSSR count).